The van der Waals surface area contributed by atoms with Gasteiger partial charge in [0.2, 0.25) is 0 Å². The van der Waals surface area contributed by atoms with Gasteiger partial charge in [-0.3, -0.25) is 4.98 Å². The Morgan fingerprint density at radius 2 is 2.15 bits per heavy atom. The number of rotatable bonds is 6. The third-order valence-corrected chi connectivity index (χ3v) is 4.48. The zero-order valence-electron chi connectivity index (χ0n) is 12.4. The summed E-state index contributed by atoms with van der Waals surface area (Å²) in [6.45, 7) is 6.92. The molecule has 1 N–H and O–H groups in total. The number of hydrogen-bond acceptors (Lipinski definition) is 5. The summed E-state index contributed by atoms with van der Waals surface area (Å²) in [7, 11) is 1.72. The highest BCUT2D eigenvalue weighted by Crippen LogP contribution is 2.28. The van der Waals surface area contributed by atoms with Gasteiger partial charge < -0.3 is 10.1 Å². The summed E-state index contributed by atoms with van der Waals surface area (Å²) in [5.74, 6) is 0. The first-order valence-corrected chi connectivity index (χ1v) is 7.56. The van der Waals surface area contributed by atoms with Crippen LogP contribution in [0.5, 0.6) is 0 Å². The third-order valence-electron chi connectivity index (χ3n) is 3.08. The number of ether oxygens (including phenoxy) is 1. The van der Waals surface area contributed by atoms with Crippen molar-refractivity contribution < 1.29 is 4.74 Å². The van der Waals surface area contributed by atoms with Gasteiger partial charge in [0.15, 0.2) is 0 Å². The maximum absolute atomic E-state index is 5.10. The van der Waals surface area contributed by atoms with Gasteiger partial charge in [-0.15, -0.1) is 11.3 Å². The second-order valence-electron chi connectivity index (χ2n) is 4.85. The number of aryl methyl sites for hydroxylation is 2. The molecule has 2 rings (SSSR count). The summed E-state index contributed by atoms with van der Waals surface area (Å²) in [6, 6.07) is 4.30. The SMILES string of the molecule is COCCc1nc(C)c(C(C)Nc2ccc(C)nc2)s1. The molecule has 1 atom stereocenters. The first kappa shape index (κ1) is 14.9. The second kappa shape index (κ2) is 6.81. The second-order valence-corrected chi connectivity index (χ2v) is 5.97. The van der Waals surface area contributed by atoms with Crippen molar-refractivity contribution in [3.05, 3.63) is 39.6 Å². The van der Waals surface area contributed by atoms with E-state index >= 15 is 0 Å². The third kappa shape index (κ3) is 3.77. The van der Waals surface area contributed by atoms with Crippen molar-refractivity contribution in [1.82, 2.24) is 9.97 Å². The van der Waals surface area contributed by atoms with Crippen molar-refractivity contribution in [2.75, 3.05) is 19.0 Å². The lowest BCUT2D eigenvalue weighted by molar-refractivity contribution is 0.202. The Kier molecular flexibility index (Phi) is 5.09. The fourth-order valence-corrected chi connectivity index (χ4v) is 3.08. The Labute approximate surface area is 124 Å². The quantitative estimate of drug-likeness (QED) is 0.884. The molecular formula is C15H21N3OS. The maximum Gasteiger partial charge on any atom is 0.0954 e. The number of nitrogens with one attached hydrogen (secondary N) is 1. The molecule has 2 heterocycles. The van der Waals surface area contributed by atoms with E-state index in [4.69, 9.17) is 4.74 Å². The Balaban J connectivity index is 2.06. The van der Waals surface area contributed by atoms with E-state index in [0.717, 1.165) is 35.1 Å². The van der Waals surface area contributed by atoms with Crippen molar-refractivity contribution >= 4 is 17.0 Å². The van der Waals surface area contributed by atoms with Crippen LogP contribution >= 0.6 is 11.3 Å². The van der Waals surface area contributed by atoms with E-state index in [0.29, 0.717) is 0 Å². The van der Waals surface area contributed by atoms with Crippen LogP contribution in [0, 0.1) is 13.8 Å². The standard InChI is InChI=1S/C15H21N3OS/c1-10-5-6-13(9-16-10)17-11(2)15-12(3)18-14(20-15)7-8-19-4/h5-6,9,11,17H,7-8H2,1-4H3. The Morgan fingerprint density at radius 1 is 1.35 bits per heavy atom. The Hall–Kier alpha value is -1.46. The summed E-state index contributed by atoms with van der Waals surface area (Å²) >= 11 is 1.76. The lowest BCUT2D eigenvalue weighted by Gasteiger charge is -2.14. The molecule has 5 heteroatoms. The molecule has 0 spiro atoms. The van der Waals surface area contributed by atoms with Gasteiger partial charge in [0.1, 0.15) is 0 Å². The normalized spacial score (nSPS) is 12.4. The van der Waals surface area contributed by atoms with Crippen LogP contribution in [-0.2, 0) is 11.2 Å². The van der Waals surface area contributed by atoms with Crippen molar-refractivity contribution in [3.8, 4) is 0 Å². The summed E-state index contributed by atoms with van der Waals surface area (Å²) < 4.78 is 5.10. The largest absolute Gasteiger partial charge is 0.384 e. The fraction of sp³-hybridized carbons (Fsp3) is 0.467. The minimum Gasteiger partial charge on any atom is -0.384 e. The number of pyridine rings is 1. The smallest absolute Gasteiger partial charge is 0.0954 e. The molecule has 0 fully saturated rings. The molecule has 0 aliphatic carbocycles. The molecule has 0 bridgehead atoms. The topological polar surface area (TPSA) is 47.0 Å². The van der Waals surface area contributed by atoms with E-state index in [-0.39, 0.29) is 6.04 Å². The maximum atomic E-state index is 5.10. The van der Waals surface area contributed by atoms with Crippen LogP contribution in [0.15, 0.2) is 18.3 Å². The molecule has 1 unspecified atom stereocenters. The molecule has 2 aromatic rings. The summed E-state index contributed by atoms with van der Waals surface area (Å²) in [4.78, 5) is 10.2. The zero-order valence-corrected chi connectivity index (χ0v) is 13.3. The van der Waals surface area contributed by atoms with Crippen LogP contribution in [0.3, 0.4) is 0 Å². The zero-order chi connectivity index (χ0) is 14.5. The Morgan fingerprint density at radius 3 is 2.80 bits per heavy atom. The number of nitrogens with zero attached hydrogens (tertiary/aromatic N) is 2. The van der Waals surface area contributed by atoms with E-state index in [2.05, 4.69) is 35.2 Å². The van der Waals surface area contributed by atoms with Gasteiger partial charge >= 0.3 is 0 Å². The fourth-order valence-electron chi connectivity index (χ4n) is 2.03. The van der Waals surface area contributed by atoms with Crippen molar-refractivity contribution in [2.24, 2.45) is 0 Å². The molecule has 108 valence electrons. The summed E-state index contributed by atoms with van der Waals surface area (Å²) in [6.07, 6.45) is 2.74. The molecule has 0 saturated carbocycles. The van der Waals surface area contributed by atoms with Crippen molar-refractivity contribution in [1.29, 1.82) is 0 Å². The number of thiazole rings is 1. The molecular weight excluding hydrogens is 270 g/mol. The molecule has 4 nitrogen and oxygen atoms in total. The molecule has 0 saturated heterocycles. The van der Waals surface area contributed by atoms with E-state index in [1.165, 1.54) is 4.88 Å². The summed E-state index contributed by atoms with van der Waals surface area (Å²) in [5, 5.41) is 4.61. The predicted molar refractivity (Wildman–Crippen MR) is 83.4 cm³/mol. The van der Waals surface area contributed by atoms with Gasteiger partial charge in [-0.05, 0) is 32.9 Å². The van der Waals surface area contributed by atoms with Gasteiger partial charge in [-0.2, -0.15) is 0 Å². The monoisotopic (exact) mass is 291 g/mol. The van der Waals surface area contributed by atoms with Crippen LogP contribution in [0.2, 0.25) is 0 Å². The highest BCUT2D eigenvalue weighted by molar-refractivity contribution is 7.11. The highest BCUT2D eigenvalue weighted by Gasteiger charge is 2.14. The van der Waals surface area contributed by atoms with Gasteiger partial charge in [0.05, 0.1) is 35.2 Å². The lowest BCUT2D eigenvalue weighted by Crippen LogP contribution is -2.06. The van der Waals surface area contributed by atoms with E-state index in [1.807, 2.05) is 19.2 Å². The van der Waals surface area contributed by atoms with Crippen molar-refractivity contribution in [2.45, 2.75) is 33.2 Å². The first-order valence-electron chi connectivity index (χ1n) is 6.74. The first-order chi connectivity index (χ1) is 9.60. The predicted octanol–water partition coefficient (Wildman–Crippen LogP) is 3.52. The lowest BCUT2D eigenvalue weighted by atomic mass is 10.2. The molecule has 0 aromatic carbocycles. The minimum absolute atomic E-state index is 0.230. The van der Waals surface area contributed by atoms with Crippen LogP contribution in [0.4, 0.5) is 5.69 Å². The van der Waals surface area contributed by atoms with Gasteiger partial charge in [-0.25, -0.2) is 4.98 Å². The van der Waals surface area contributed by atoms with Gasteiger partial charge in [0.25, 0.3) is 0 Å². The van der Waals surface area contributed by atoms with E-state index in [1.54, 1.807) is 18.4 Å². The molecule has 0 amide bonds. The number of aromatic nitrogens is 2. The van der Waals surface area contributed by atoms with E-state index in [9.17, 15) is 0 Å². The van der Waals surface area contributed by atoms with Crippen LogP contribution in [-0.4, -0.2) is 23.7 Å². The van der Waals surface area contributed by atoms with Gasteiger partial charge in [-0.1, -0.05) is 0 Å². The van der Waals surface area contributed by atoms with E-state index < -0.39 is 0 Å². The van der Waals surface area contributed by atoms with Crippen molar-refractivity contribution in [3.63, 3.8) is 0 Å². The van der Waals surface area contributed by atoms with Crippen LogP contribution in [0.1, 0.15) is 34.2 Å². The Bertz CT molecular complexity index is 551. The molecule has 0 aliphatic heterocycles. The molecule has 20 heavy (non-hydrogen) atoms. The highest BCUT2D eigenvalue weighted by atomic mass is 32.1. The average Bonchev–Trinajstić information content (AvgIpc) is 2.80. The molecule has 2 aromatic heterocycles. The molecule has 0 aliphatic rings. The van der Waals surface area contributed by atoms with Gasteiger partial charge in [0, 0.05) is 24.1 Å². The number of methoxy groups -OCH3 is 1. The van der Waals surface area contributed by atoms with Crippen LogP contribution < -0.4 is 5.32 Å². The number of hydrogen-bond donors (Lipinski definition) is 1. The summed E-state index contributed by atoms with van der Waals surface area (Å²) in [5.41, 5.74) is 3.16. The minimum atomic E-state index is 0.230. The number of anilines is 1. The average molecular weight is 291 g/mol. The van der Waals surface area contributed by atoms with Crippen LogP contribution in [0.25, 0.3) is 0 Å². The molecule has 0 radical (unpaired) electrons.